The summed E-state index contributed by atoms with van der Waals surface area (Å²) in [4.78, 5) is 4.62. The highest BCUT2D eigenvalue weighted by atomic mass is 35.5. The second kappa shape index (κ2) is 5.95. The smallest absolute Gasteiger partial charge is 0.116 e. The molecule has 0 fully saturated rings. The van der Waals surface area contributed by atoms with Crippen LogP contribution in [0.2, 0.25) is 5.02 Å². The van der Waals surface area contributed by atoms with E-state index in [4.69, 9.17) is 11.6 Å². The van der Waals surface area contributed by atoms with Crippen LogP contribution in [0.4, 0.5) is 0 Å². The summed E-state index contributed by atoms with van der Waals surface area (Å²) in [6.45, 7) is 1.85. The summed E-state index contributed by atoms with van der Waals surface area (Å²) < 4.78 is 13.8. The topological polar surface area (TPSA) is 63.6 Å². The number of rotatable bonds is 2. The lowest BCUT2D eigenvalue weighted by atomic mass is 10.2. The molecule has 3 aromatic rings. The van der Waals surface area contributed by atoms with Gasteiger partial charge in [0.25, 0.3) is 0 Å². The lowest BCUT2D eigenvalue weighted by Crippen LogP contribution is -1.95. The second-order valence-corrected chi connectivity index (χ2v) is 6.79. The molecule has 1 N–H and O–H groups in total. The van der Waals surface area contributed by atoms with Crippen LogP contribution in [0.15, 0.2) is 29.6 Å². The molecular weight excluding hydrogens is 320 g/mol. The van der Waals surface area contributed by atoms with Crippen molar-refractivity contribution < 1.29 is 4.21 Å². The molecule has 0 spiro atoms. The molecular formula is C15H13ClN4OS. The molecule has 5 nitrogen and oxygen atoms in total. The molecule has 0 amide bonds. The van der Waals surface area contributed by atoms with Gasteiger partial charge in [0.05, 0.1) is 38.8 Å². The van der Waals surface area contributed by atoms with Crippen molar-refractivity contribution in [3.05, 3.63) is 41.1 Å². The van der Waals surface area contributed by atoms with Gasteiger partial charge in [-0.1, -0.05) is 18.5 Å². The molecule has 1 aromatic carbocycles. The third-order valence-electron chi connectivity index (χ3n) is 3.25. The van der Waals surface area contributed by atoms with E-state index in [0.29, 0.717) is 26.9 Å². The first-order valence-electron chi connectivity index (χ1n) is 6.64. The van der Waals surface area contributed by atoms with Crippen LogP contribution in [0.3, 0.4) is 0 Å². The third kappa shape index (κ3) is 2.65. The van der Waals surface area contributed by atoms with E-state index < -0.39 is 10.8 Å². The van der Waals surface area contributed by atoms with Crippen LogP contribution in [0, 0.1) is 11.8 Å². The summed E-state index contributed by atoms with van der Waals surface area (Å²) in [5, 5.41) is 8.40. The second-order valence-electron chi connectivity index (χ2n) is 4.67. The zero-order valence-electron chi connectivity index (χ0n) is 12.1. The molecule has 0 bridgehead atoms. The Kier molecular flexibility index (Phi) is 4.01. The number of aromatic amines is 1. The maximum Gasteiger partial charge on any atom is 0.116 e. The monoisotopic (exact) mass is 332 g/mol. The predicted octanol–water partition coefficient (Wildman–Crippen LogP) is 2.48. The molecule has 3 rings (SSSR count). The maximum absolute atomic E-state index is 12.0. The first-order chi connectivity index (χ1) is 10.6. The minimum atomic E-state index is -1.11. The van der Waals surface area contributed by atoms with Crippen molar-refractivity contribution in [1.82, 2.24) is 19.7 Å². The number of aromatic nitrogens is 4. The van der Waals surface area contributed by atoms with Crippen LogP contribution >= 0.6 is 11.6 Å². The van der Waals surface area contributed by atoms with Crippen LogP contribution in [0.5, 0.6) is 0 Å². The van der Waals surface area contributed by atoms with Gasteiger partial charge in [-0.2, -0.15) is 5.10 Å². The van der Waals surface area contributed by atoms with Gasteiger partial charge in [0.1, 0.15) is 11.4 Å². The first kappa shape index (κ1) is 14.8. The average Bonchev–Trinajstić information content (AvgIpc) is 3.09. The number of imidazole rings is 1. The molecule has 0 radical (unpaired) electrons. The van der Waals surface area contributed by atoms with E-state index >= 15 is 0 Å². The fourth-order valence-corrected chi connectivity index (χ4v) is 3.29. The number of hydrogen-bond donors (Lipinski definition) is 1. The van der Waals surface area contributed by atoms with E-state index in [1.54, 1.807) is 24.7 Å². The molecule has 0 aliphatic heterocycles. The molecule has 1 atom stereocenters. The molecule has 22 heavy (non-hydrogen) atoms. The van der Waals surface area contributed by atoms with Gasteiger partial charge >= 0.3 is 0 Å². The van der Waals surface area contributed by atoms with Crippen LogP contribution in [-0.4, -0.2) is 29.7 Å². The number of nitrogens with one attached hydrogen (secondary N) is 1. The Balaban J connectivity index is 2.07. The Hall–Kier alpha value is -2.10. The number of nitrogens with zero attached hydrogens (tertiary/aromatic N) is 3. The molecule has 112 valence electrons. The minimum Gasteiger partial charge on any atom is -0.327 e. The standard InChI is InChI=1S/C15H13ClN4OS/c1-3-22(21)15-7-14-11(6-12(15)16)13(18-19-14)5-4-10-8-17-9-20(10)2/h6-9H,3H2,1-2H3,(H,18,19). The lowest BCUT2D eigenvalue weighted by molar-refractivity contribution is 0.684. The minimum absolute atomic E-state index is 0.470. The fourth-order valence-electron chi connectivity index (χ4n) is 2.04. The van der Waals surface area contributed by atoms with Crippen molar-refractivity contribution in [2.24, 2.45) is 7.05 Å². The van der Waals surface area contributed by atoms with Crippen molar-refractivity contribution in [2.75, 3.05) is 5.75 Å². The van der Waals surface area contributed by atoms with E-state index in [2.05, 4.69) is 27.0 Å². The summed E-state index contributed by atoms with van der Waals surface area (Å²) in [6.07, 6.45) is 3.39. The molecule has 0 aliphatic rings. The fraction of sp³-hybridized carbons (Fsp3) is 0.200. The Morgan fingerprint density at radius 1 is 1.41 bits per heavy atom. The summed E-state index contributed by atoms with van der Waals surface area (Å²) >= 11 is 6.23. The van der Waals surface area contributed by atoms with Crippen molar-refractivity contribution in [1.29, 1.82) is 0 Å². The first-order valence-corrected chi connectivity index (χ1v) is 8.34. The Bertz CT molecular complexity index is 932. The molecule has 7 heteroatoms. The maximum atomic E-state index is 12.0. The summed E-state index contributed by atoms with van der Waals surface area (Å²) in [7, 11) is 0.767. The number of fused-ring (bicyclic) bond motifs is 1. The van der Waals surface area contributed by atoms with Gasteiger partial charge in [0.2, 0.25) is 0 Å². The van der Waals surface area contributed by atoms with Gasteiger partial charge < -0.3 is 4.57 Å². The number of benzene rings is 1. The van der Waals surface area contributed by atoms with Crippen molar-refractivity contribution >= 4 is 33.3 Å². The molecule has 0 saturated heterocycles. The van der Waals surface area contributed by atoms with E-state index in [1.807, 2.05) is 18.5 Å². The van der Waals surface area contributed by atoms with Gasteiger partial charge in [0.15, 0.2) is 0 Å². The average molecular weight is 333 g/mol. The predicted molar refractivity (Wildman–Crippen MR) is 87.2 cm³/mol. The number of H-pyrrole nitrogens is 1. The van der Waals surface area contributed by atoms with Gasteiger partial charge in [-0.15, -0.1) is 0 Å². The molecule has 2 heterocycles. The van der Waals surface area contributed by atoms with Crippen LogP contribution in [0.25, 0.3) is 10.9 Å². The summed E-state index contributed by atoms with van der Waals surface area (Å²) in [6, 6.07) is 3.51. The van der Waals surface area contributed by atoms with E-state index in [1.165, 1.54) is 0 Å². The number of hydrogen-bond acceptors (Lipinski definition) is 3. The molecule has 1 unspecified atom stereocenters. The highest BCUT2D eigenvalue weighted by Gasteiger charge is 2.12. The Morgan fingerprint density at radius 2 is 2.23 bits per heavy atom. The summed E-state index contributed by atoms with van der Waals surface area (Å²) in [5.41, 5.74) is 2.18. The zero-order chi connectivity index (χ0) is 15.7. The van der Waals surface area contributed by atoms with Gasteiger partial charge in [-0.05, 0) is 24.0 Å². The van der Waals surface area contributed by atoms with E-state index in [-0.39, 0.29) is 0 Å². The van der Waals surface area contributed by atoms with Gasteiger partial charge in [-0.3, -0.25) is 9.31 Å². The van der Waals surface area contributed by atoms with E-state index in [9.17, 15) is 4.21 Å². The van der Waals surface area contributed by atoms with E-state index in [0.717, 1.165) is 11.1 Å². The largest absolute Gasteiger partial charge is 0.327 e. The van der Waals surface area contributed by atoms with Crippen LogP contribution in [-0.2, 0) is 17.8 Å². The van der Waals surface area contributed by atoms with Crippen LogP contribution in [0.1, 0.15) is 18.3 Å². The number of halogens is 1. The van der Waals surface area contributed by atoms with Crippen molar-refractivity contribution in [3.8, 4) is 11.8 Å². The third-order valence-corrected chi connectivity index (χ3v) is 5.02. The van der Waals surface area contributed by atoms with Gasteiger partial charge in [-0.25, -0.2) is 4.98 Å². The molecule has 2 aromatic heterocycles. The van der Waals surface area contributed by atoms with Gasteiger partial charge in [0, 0.05) is 18.2 Å². The highest BCUT2D eigenvalue weighted by Crippen LogP contribution is 2.27. The number of aryl methyl sites for hydroxylation is 1. The van der Waals surface area contributed by atoms with Crippen LogP contribution < -0.4 is 0 Å². The lowest BCUT2D eigenvalue weighted by Gasteiger charge is -2.02. The summed E-state index contributed by atoms with van der Waals surface area (Å²) in [5.74, 6) is 6.59. The zero-order valence-corrected chi connectivity index (χ0v) is 13.6. The SMILES string of the molecule is CCS(=O)c1cc2n[nH]c(C#Cc3cncn3C)c2cc1Cl. The normalized spacial score (nSPS) is 12.1. The van der Waals surface area contributed by atoms with Crippen molar-refractivity contribution in [2.45, 2.75) is 11.8 Å². The molecule has 0 aliphatic carbocycles. The Labute approximate surface area is 135 Å². The molecule has 0 saturated carbocycles. The quantitative estimate of drug-likeness (QED) is 0.733. The van der Waals surface area contributed by atoms with Crippen molar-refractivity contribution in [3.63, 3.8) is 0 Å². The highest BCUT2D eigenvalue weighted by molar-refractivity contribution is 7.85. The Morgan fingerprint density at radius 3 is 2.91 bits per heavy atom.